The van der Waals surface area contributed by atoms with Gasteiger partial charge < -0.3 is 4.74 Å². The van der Waals surface area contributed by atoms with Crippen LogP contribution in [-0.2, 0) is 14.3 Å². The number of benzene rings is 1. The molecular weight excluding hydrogens is 286 g/mol. The molecule has 1 aliphatic heterocycles. The Morgan fingerprint density at radius 1 is 1.29 bits per heavy atom. The lowest BCUT2D eigenvalue weighted by Gasteiger charge is -2.30. The van der Waals surface area contributed by atoms with Gasteiger partial charge in [0, 0.05) is 10.5 Å². The number of rotatable bonds is 2. The Bertz CT molecular complexity index is 445. The first-order valence-corrected chi connectivity index (χ1v) is 6.08. The molecular formula is C12H12BrNO3. The molecule has 17 heavy (non-hydrogen) atoms. The van der Waals surface area contributed by atoms with Crippen molar-refractivity contribution >= 4 is 27.9 Å². The Morgan fingerprint density at radius 2 is 1.94 bits per heavy atom. The average molecular weight is 298 g/mol. The van der Waals surface area contributed by atoms with Crippen LogP contribution >= 0.6 is 15.9 Å². The number of hydrogen-bond donors (Lipinski definition) is 0. The second kappa shape index (κ2) is 4.98. The summed E-state index contributed by atoms with van der Waals surface area (Å²) in [7, 11) is 0. The van der Waals surface area contributed by atoms with Crippen LogP contribution in [0.15, 0.2) is 28.7 Å². The quantitative estimate of drug-likeness (QED) is 0.618. The van der Waals surface area contributed by atoms with E-state index in [4.69, 9.17) is 0 Å². The second-order valence-corrected chi connectivity index (χ2v) is 4.90. The van der Waals surface area contributed by atoms with Crippen LogP contribution in [0.1, 0.15) is 18.5 Å². The van der Waals surface area contributed by atoms with Gasteiger partial charge in [0.25, 0.3) is 0 Å². The van der Waals surface area contributed by atoms with E-state index in [0.29, 0.717) is 0 Å². The fraction of sp³-hybridized carbons (Fsp3) is 0.333. The summed E-state index contributed by atoms with van der Waals surface area (Å²) in [6, 6.07) is 7.82. The maximum absolute atomic E-state index is 11.2. The van der Waals surface area contributed by atoms with E-state index in [1.165, 1.54) is 0 Å². The van der Waals surface area contributed by atoms with Gasteiger partial charge in [-0.25, -0.2) is 0 Å². The number of esters is 2. The molecule has 0 N–H and O–H groups in total. The zero-order valence-corrected chi connectivity index (χ0v) is 10.9. The van der Waals surface area contributed by atoms with Gasteiger partial charge in [0.2, 0.25) is 0 Å². The molecule has 1 unspecified atom stereocenters. The molecule has 0 spiro atoms. The van der Waals surface area contributed by atoms with Crippen LogP contribution in [0.25, 0.3) is 0 Å². The fourth-order valence-electron chi connectivity index (χ4n) is 1.83. The van der Waals surface area contributed by atoms with Crippen LogP contribution in [0.2, 0.25) is 0 Å². The first kappa shape index (κ1) is 12.3. The van der Waals surface area contributed by atoms with Gasteiger partial charge >= 0.3 is 11.9 Å². The van der Waals surface area contributed by atoms with Gasteiger partial charge in [-0.15, -0.1) is 0 Å². The van der Waals surface area contributed by atoms with Gasteiger partial charge in [0.15, 0.2) is 0 Å². The Labute approximate surface area is 108 Å². The fourth-order valence-corrected chi connectivity index (χ4v) is 2.25. The van der Waals surface area contributed by atoms with Crippen molar-refractivity contribution in [2.45, 2.75) is 13.0 Å². The van der Waals surface area contributed by atoms with Crippen molar-refractivity contribution in [1.82, 2.24) is 4.90 Å². The number of cyclic esters (lactones) is 2. The van der Waals surface area contributed by atoms with Crippen LogP contribution < -0.4 is 0 Å². The van der Waals surface area contributed by atoms with Crippen molar-refractivity contribution in [2.24, 2.45) is 0 Å². The zero-order chi connectivity index (χ0) is 12.4. The molecule has 0 aliphatic carbocycles. The van der Waals surface area contributed by atoms with Crippen molar-refractivity contribution in [3.05, 3.63) is 34.3 Å². The van der Waals surface area contributed by atoms with Crippen LogP contribution in [0.4, 0.5) is 0 Å². The topological polar surface area (TPSA) is 46.6 Å². The lowest BCUT2D eigenvalue weighted by molar-refractivity contribution is -0.167. The molecule has 1 aromatic rings. The van der Waals surface area contributed by atoms with Gasteiger partial charge in [0.1, 0.15) is 0 Å². The summed E-state index contributed by atoms with van der Waals surface area (Å²) in [6.45, 7) is 2.27. The Kier molecular flexibility index (Phi) is 3.59. The lowest BCUT2D eigenvalue weighted by Crippen LogP contribution is -2.43. The van der Waals surface area contributed by atoms with E-state index in [2.05, 4.69) is 20.7 Å². The number of hydrogen-bond acceptors (Lipinski definition) is 4. The normalized spacial score (nSPS) is 18.9. The van der Waals surface area contributed by atoms with Crippen molar-refractivity contribution < 1.29 is 14.3 Å². The molecule has 1 saturated heterocycles. The molecule has 5 heteroatoms. The van der Waals surface area contributed by atoms with Crippen LogP contribution in [0.3, 0.4) is 0 Å². The molecule has 0 aromatic heterocycles. The summed E-state index contributed by atoms with van der Waals surface area (Å²) >= 11 is 3.40. The standard InChI is InChI=1S/C12H12BrNO3/c1-8(9-3-2-4-10(13)5-9)14-6-11(15)17-12(16)7-14/h2-5,8H,6-7H2,1H3. The van der Waals surface area contributed by atoms with E-state index in [0.717, 1.165) is 10.0 Å². The first-order valence-electron chi connectivity index (χ1n) is 5.29. The molecule has 4 nitrogen and oxygen atoms in total. The number of carbonyl (C=O) groups is 2. The first-order chi connectivity index (χ1) is 8.06. The SMILES string of the molecule is CC(c1cccc(Br)c1)N1CC(=O)OC(=O)C1. The highest BCUT2D eigenvalue weighted by Crippen LogP contribution is 2.24. The molecule has 0 saturated carbocycles. The van der Waals surface area contributed by atoms with Gasteiger partial charge in [-0.3, -0.25) is 14.5 Å². The summed E-state index contributed by atoms with van der Waals surface area (Å²) in [5.41, 5.74) is 1.06. The van der Waals surface area contributed by atoms with E-state index in [9.17, 15) is 9.59 Å². The zero-order valence-electron chi connectivity index (χ0n) is 9.35. The Balaban J connectivity index is 2.16. The van der Waals surface area contributed by atoms with E-state index < -0.39 is 11.9 Å². The molecule has 0 bridgehead atoms. The van der Waals surface area contributed by atoms with Gasteiger partial charge in [-0.2, -0.15) is 0 Å². The van der Waals surface area contributed by atoms with E-state index in [1.54, 1.807) is 4.90 Å². The monoisotopic (exact) mass is 297 g/mol. The highest BCUT2D eigenvalue weighted by Gasteiger charge is 2.28. The second-order valence-electron chi connectivity index (χ2n) is 3.98. The highest BCUT2D eigenvalue weighted by molar-refractivity contribution is 9.10. The molecule has 0 amide bonds. The number of halogens is 1. The molecule has 90 valence electrons. The van der Waals surface area contributed by atoms with Crippen molar-refractivity contribution in [2.75, 3.05) is 13.1 Å². The third kappa shape index (κ3) is 2.92. The molecule has 1 fully saturated rings. The van der Waals surface area contributed by atoms with Crippen LogP contribution in [-0.4, -0.2) is 29.9 Å². The van der Waals surface area contributed by atoms with Crippen LogP contribution in [0.5, 0.6) is 0 Å². The third-order valence-corrected chi connectivity index (χ3v) is 3.26. The Hall–Kier alpha value is -1.20. The van der Waals surface area contributed by atoms with E-state index in [-0.39, 0.29) is 19.1 Å². The largest absolute Gasteiger partial charge is 0.391 e. The smallest absolute Gasteiger partial charge is 0.327 e. The molecule has 2 rings (SSSR count). The third-order valence-electron chi connectivity index (χ3n) is 2.77. The molecule has 1 aromatic carbocycles. The minimum absolute atomic E-state index is 0.00398. The maximum Gasteiger partial charge on any atom is 0.327 e. The average Bonchev–Trinajstić information content (AvgIpc) is 2.26. The number of ether oxygens (including phenoxy) is 1. The molecule has 1 heterocycles. The van der Waals surface area contributed by atoms with Gasteiger partial charge in [-0.1, -0.05) is 28.1 Å². The van der Waals surface area contributed by atoms with Crippen molar-refractivity contribution in [3.8, 4) is 0 Å². The summed E-state index contributed by atoms with van der Waals surface area (Å²) < 4.78 is 5.48. The Morgan fingerprint density at radius 3 is 2.53 bits per heavy atom. The number of carbonyl (C=O) groups excluding carboxylic acids is 2. The molecule has 1 aliphatic rings. The van der Waals surface area contributed by atoms with Crippen molar-refractivity contribution in [1.29, 1.82) is 0 Å². The van der Waals surface area contributed by atoms with E-state index in [1.807, 2.05) is 31.2 Å². The summed E-state index contributed by atoms with van der Waals surface area (Å²) in [5.74, 6) is -0.966. The summed E-state index contributed by atoms with van der Waals surface area (Å²) in [5, 5.41) is 0. The highest BCUT2D eigenvalue weighted by atomic mass is 79.9. The van der Waals surface area contributed by atoms with Crippen LogP contribution in [0, 0.1) is 0 Å². The predicted octanol–water partition coefficient (Wildman–Crippen LogP) is 1.90. The predicted molar refractivity (Wildman–Crippen MR) is 65.2 cm³/mol. The van der Waals surface area contributed by atoms with Gasteiger partial charge in [0.05, 0.1) is 13.1 Å². The minimum atomic E-state index is -0.483. The summed E-state index contributed by atoms with van der Waals surface area (Å²) in [6.07, 6.45) is 0. The number of morpholine rings is 1. The van der Waals surface area contributed by atoms with E-state index >= 15 is 0 Å². The van der Waals surface area contributed by atoms with Gasteiger partial charge in [-0.05, 0) is 24.6 Å². The maximum atomic E-state index is 11.2. The molecule has 1 atom stereocenters. The molecule has 0 radical (unpaired) electrons. The summed E-state index contributed by atoms with van der Waals surface area (Å²) in [4.78, 5) is 24.2. The lowest BCUT2D eigenvalue weighted by atomic mass is 10.1. The minimum Gasteiger partial charge on any atom is -0.391 e. The number of nitrogens with zero attached hydrogens (tertiary/aromatic N) is 1. The van der Waals surface area contributed by atoms with Crippen molar-refractivity contribution in [3.63, 3.8) is 0 Å².